The summed E-state index contributed by atoms with van der Waals surface area (Å²) in [6.07, 6.45) is 6.36. The second-order valence-electron chi connectivity index (χ2n) is 7.08. The van der Waals surface area contributed by atoms with Crippen LogP contribution in [0.3, 0.4) is 0 Å². The maximum atomic E-state index is 13.0. The van der Waals surface area contributed by atoms with Gasteiger partial charge < -0.3 is 0 Å². The van der Waals surface area contributed by atoms with Gasteiger partial charge in [0.25, 0.3) is 10.0 Å². The number of aromatic nitrogens is 3. The summed E-state index contributed by atoms with van der Waals surface area (Å²) in [5.74, 6) is 0.914. The molecule has 3 aromatic rings. The lowest BCUT2D eigenvalue weighted by Crippen LogP contribution is -2.32. The van der Waals surface area contributed by atoms with Gasteiger partial charge in [-0.25, -0.2) is 22.4 Å². The van der Waals surface area contributed by atoms with E-state index < -0.39 is 10.0 Å². The molecule has 1 aliphatic heterocycles. The van der Waals surface area contributed by atoms with E-state index >= 15 is 0 Å². The maximum absolute atomic E-state index is 13.0. The van der Waals surface area contributed by atoms with Crippen molar-refractivity contribution in [2.45, 2.75) is 44.2 Å². The molecule has 6 nitrogen and oxygen atoms in total. The van der Waals surface area contributed by atoms with Crippen LogP contribution in [0.25, 0.3) is 0 Å². The maximum Gasteiger partial charge on any atom is 0.267 e. The molecule has 0 fully saturated rings. The number of hydrogen-bond acceptors (Lipinski definition) is 5. The molecule has 7 heteroatoms. The number of aryl methyl sites for hydroxylation is 1. The van der Waals surface area contributed by atoms with Crippen LogP contribution in [0.4, 0.5) is 0 Å². The molecule has 0 saturated carbocycles. The third kappa shape index (κ3) is 3.72. The summed E-state index contributed by atoms with van der Waals surface area (Å²) in [6.45, 7) is 4.28. The van der Waals surface area contributed by atoms with Crippen LogP contribution in [-0.2, 0) is 36.0 Å². The Kier molecular flexibility index (Phi) is 5.28. The molecule has 0 N–H and O–H groups in total. The Hall–Kier alpha value is -2.51. The third-order valence-corrected chi connectivity index (χ3v) is 6.76. The van der Waals surface area contributed by atoms with E-state index in [0.717, 1.165) is 55.1 Å². The van der Waals surface area contributed by atoms with Crippen molar-refractivity contribution in [2.24, 2.45) is 0 Å². The Morgan fingerprint density at radius 1 is 1.11 bits per heavy atom. The van der Waals surface area contributed by atoms with Crippen molar-refractivity contribution < 1.29 is 8.42 Å². The highest BCUT2D eigenvalue weighted by Crippen LogP contribution is 2.21. The molecule has 146 valence electrons. The molecule has 2 aromatic heterocycles. The normalized spacial score (nSPS) is 14.8. The molecule has 0 unspecified atom stereocenters. The standard InChI is InChI=1S/C21H24N4O2S/c1-2-7-21-22-14-17-15-24(13-11-20(17)23-21)16-18-8-6-12-25(18)28(26,27)19-9-4-3-5-10-19/h3-6,8-10,12,14H,2,7,11,13,15-16H2,1H3. The van der Waals surface area contributed by atoms with Crippen molar-refractivity contribution in [3.63, 3.8) is 0 Å². The lowest BCUT2D eigenvalue weighted by Gasteiger charge is -2.28. The van der Waals surface area contributed by atoms with Crippen LogP contribution >= 0.6 is 0 Å². The van der Waals surface area contributed by atoms with Crippen LogP contribution in [0.2, 0.25) is 0 Å². The summed E-state index contributed by atoms with van der Waals surface area (Å²) >= 11 is 0. The zero-order valence-electron chi connectivity index (χ0n) is 16.0. The minimum atomic E-state index is -3.58. The van der Waals surface area contributed by atoms with E-state index in [1.807, 2.05) is 18.3 Å². The van der Waals surface area contributed by atoms with E-state index in [4.69, 9.17) is 4.98 Å². The third-order valence-electron chi connectivity index (χ3n) is 5.02. The highest BCUT2D eigenvalue weighted by atomic mass is 32.2. The molecule has 0 amide bonds. The zero-order chi connectivity index (χ0) is 19.6. The van der Waals surface area contributed by atoms with Gasteiger partial charge >= 0.3 is 0 Å². The predicted molar refractivity (Wildman–Crippen MR) is 107 cm³/mol. The molecule has 1 aromatic carbocycles. The second kappa shape index (κ2) is 7.85. The van der Waals surface area contributed by atoms with Crippen molar-refractivity contribution in [1.29, 1.82) is 0 Å². The van der Waals surface area contributed by atoms with Gasteiger partial charge in [-0.3, -0.25) is 4.90 Å². The lowest BCUT2D eigenvalue weighted by molar-refractivity contribution is 0.239. The molecule has 1 aliphatic rings. The first-order valence-corrected chi connectivity index (χ1v) is 11.0. The second-order valence-corrected chi connectivity index (χ2v) is 8.90. The first-order chi connectivity index (χ1) is 13.6. The van der Waals surface area contributed by atoms with E-state index in [0.29, 0.717) is 11.4 Å². The van der Waals surface area contributed by atoms with E-state index in [1.165, 1.54) is 3.97 Å². The Morgan fingerprint density at radius 3 is 2.71 bits per heavy atom. The van der Waals surface area contributed by atoms with Gasteiger partial charge in [-0.05, 0) is 30.7 Å². The summed E-state index contributed by atoms with van der Waals surface area (Å²) in [7, 11) is -3.58. The van der Waals surface area contributed by atoms with Crippen molar-refractivity contribution in [3.8, 4) is 0 Å². The summed E-state index contributed by atoms with van der Waals surface area (Å²) < 4.78 is 27.3. The average Bonchev–Trinajstić information content (AvgIpc) is 3.18. The Balaban J connectivity index is 1.53. The summed E-state index contributed by atoms with van der Waals surface area (Å²) in [4.78, 5) is 11.7. The number of benzene rings is 1. The number of hydrogen-bond donors (Lipinski definition) is 0. The van der Waals surface area contributed by atoms with Crippen LogP contribution in [0.5, 0.6) is 0 Å². The van der Waals surface area contributed by atoms with Gasteiger partial charge in [0.2, 0.25) is 0 Å². The van der Waals surface area contributed by atoms with E-state index in [2.05, 4.69) is 16.8 Å². The van der Waals surface area contributed by atoms with Gasteiger partial charge in [0, 0.05) is 61.8 Å². The molecule has 4 rings (SSSR count). The largest absolute Gasteiger partial charge is 0.293 e. The summed E-state index contributed by atoms with van der Waals surface area (Å²) in [6, 6.07) is 12.2. The summed E-state index contributed by atoms with van der Waals surface area (Å²) in [5.41, 5.74) is 3.02. The van der Waals surface area contributed by atoms with Gasteiger partial charge in [-0.1, -0.05) is 25.1 Å². The lowest BCUT2D eigenvalue weighted by atomic mass is 10.1. The summed E-state index contributed by atoms with van der Waals surface area (Å²) in [5, 5.41) is 0. The Labute approximate surface area is 165 Å². The molecule has 0 saturated heterocycles. The topological polar surface area (TPSA) is 68.1 Å². The number of rotatable bonds is 6. The molecule has 28 heavy (non-hydrogen) atoms. The quantitative estimate of drug-likeness (QED) is 0.641. The number of fused-ring (bicyclic) bond motifs is 1. The molecule has 3 heterocycles. The van der Waals surface area contributed by atoms with E-state index in [-0.39, 0.29) is 0 Å². The first-order valence-electron chi connectivity index (χ1n) is 9.61. The molecule has 0 radical (unpaired) electrons. The monoisotopic (exact) mass is 396 g/mol. The minimum Gasteiger partial charge on any atom is -0.293 e. The smallest absolute Gasteiger partial charge is 0.267 e. The van der Waals surface area contributed by atoms with Crippen LogP contribution in [0.1, 0.15) is 36.1 Å². The van der Waals surface area contributed by atoms with Crippen molar-refractivity contribution >= 4 is 10.0 Å². The predicted octanol–water partition coefficient (Wildman–Crippen LogP) is 3.03. The Morgan fingerprint density at radius 2 is 1.93 bits per heavy atom. The fraction of sp³-hybridized carbons (Fsp3) is 0.333. The fourth-order valence-corrected chi connectivity index (χ4v) is 4.97. The van der Waals surface area contributed by atoms with Crippen LogP contribution in [0, 0.1) is 0 Å². The van der Waals surface area contributed by atoms with Gasteiger partial charge in [0.05, 0.1) is 4.90 Å². The average molecular weight is 397 g/mol. The first kappa shape index (κ1) is 18.8. The molecule has 0 spiro atoms. The highest BCUT2D eigenvalue weighted by Gasteiger charge is 2.23. The molecule has 0 atom stereocenters. The van der Waals surface area contributed by atoms with Crippen LogP contribution in [0.15, 0.2) is 59.8 Å². The van der Waals surface area contributed by atoms with Crippen molar-refractivity contribution in [3.05, 3.63) is 77.6 Å². The molecule has 0 bridgehead atoms. The van der Waals surface area contributed by atoms with Crippen LogP contribution in [-0.4, -0.2) is 33.8 Å². The van der Waals surface area contributed by atoms with Gasteiger partial charge in [0.15, 0.2) is 0 Å². The van der Waals surface area contributed by atoms with E-state index in [1.54, 1.807) is 36.5 Å². The molecular formula is C21H24N4O2S. The van der Waals surface area contributed by atoms with Crippen molar-refractivity contribution in [2.75, 3.05) is 6.54 Å². The fourth-order valence-electron chi connectivity index (χ4n) is 3.59. The number of nitrogens with zero attached hydrogens (tertiary/aromatic N) is 4. The van der Waals surface area contributed by atoms with Gasteiger partial charge in [-0.15, -0.1) is 0 Å². The van der Waals surface area contributed by atoms with Gasteiger partial charge in [-0.2, -0.15) is 0 Å². The van der Waals surface area contributed by atoms with Crippen LogP contribution < -0.4 is 0 Å². The highest BCUT2D eigenvalue weighted by molar-refractivity contribution is 7.90. The molecule has 0 aliphatic carbocycles. The van der Waals surface area contributed by atoms with Gasteiger partial charge in [0.1, 0.15) is 5.82 Å². The molecular weight excluding hydrogens is 372 g/mol. The zero-order valence-corrected chi connectivity index (χ0v) is 16.8. The SMILES string of the molecule is CCCc1ncc2c(n1)CCN(Cc1cccn1S(=O)(=O)c1ccccc1)C2. The van der Waals surface area contributed by atoms with E-state index in [9.17, 15) is 8.42 Å². The Bertz CT molecular complexity index is 1060. The minimum absolute atomic E-state index is 0.299. The van der Waals surface area contributed by atoms with Crippen molar-refractivity contribution in [1.82, 2.24) is 18.8 Å².